The van der Waals surface area contributed by atoms with E-state index in [1.54, 1.807) is 12.3 Å². The van der Waals surface area contributed by atoms with E-state index >= 15 is 0 Å². The largest absolute Gasteiger partial charge is 0.347 e. The van der Waals surface area contributed by atoms with Crippen LogP contribution in [-0.2, 0) is 0 Å². The summed E-state index contributed by atoms with van der Waals surface area (Å²) in [6, 6.07) is 16.1. The number of hydrogen-bond donors (Lipinski definition) is 1. The molecule has 4 heteroatoms. The maximum atomic E-state index is 12.3. The summed E-state index contributed by atoms with van der Waals surface area (Å²) in [5.74, 6) is 0.363. The Labute approximate surface area is 131 Å². The van der Waals surface area contributed by atoms with Crippen LogP contribution in [0.25, 0.3) is 0 Å². The molecule has 0 spiro atoms. The minimum atomic E-state index is -0.0901. The average Bonchev–Trinajstić information content (AvgIpc) is 2.56. The molecular formula is C18H21N3O. The highest BCUT2D eigenvalue weighted by molar-refractivity contribution is 5.92. The molecule has 0 unspecified atom stereocenters. The first-order valence-corrected chi connectivity index (χ1v) is 7.68. The van der Waals surface area contributed by atoms with E-state index in [1.165, 1.54) is 5.56 Å². The molecule has 1 fully saturated rings. The van der Waals surface area contributed by atoms with Crippen molar-refractivity contribution in [3.63, 3.8) is 0 Å². The van der Waals surface area contributed by atoms with E-state index < -0.39 is 0 Å². The molecule has 2 atom stereocenters. The van der Waals surface area contributed by atoms with Gasteiger partial charge >= 0.3 is 0 Å². The Morgan fingerprint density at radius 1 is 1.14 bits per heavy atom. The van der Waals surface area contributed by atoms with Crippen molar-refractivity contribution in [1.29, 1.82) is 0 Å². The fourth-order valence-electron chi connectivity index (χ4n) is 3.15. The Balaban J connectivity index is 1.68. The van der Waals surface area contributed by atoms with Crippen LogP contribution >= 0.6 is 0 Å². The molecule has 22 heavy (non-hydrogen) atoms. The lowest BCUT2D eigenvalue weighted by Gasteiger charge is -2.36. The number of amides is 1. The summed E-state index contributed by atoms with van der Waals surface area (Å²) in [5.41, 5.74) is 1.82. The number of aromatic nitrogens is 1. The van der Waals surface area contributed by atoms with Gasteiger partial charge in [-0.3, -0.25) is 9.78 Å². The van der Waals surface area contributed by atoms with Crippen LogP contribution in [0, 0.1) is 0 Å². The fourth-order valence-corrected chi connectivity index (χ4v) is 3.15. The molecule has 0 bridgehead atoms. The van der Waals surface area contributed by atoms with Gasteiger partial charge in [-0.15, -0.1) is 0 Å². The Kier molecular flexibility index (Phi) is 4.49. The molecule has 1 aliphatic rings. The van der Waals surface area contributed by atoms with E-state index in [4.69, 9.17) is 0 Å². The number of likely N-dealkylation sites (tertiary alicyclic amines) is 1. The van der Waals surface area contributed by atoms with Crippen LogP contribution in [0.15, 0.2) is 54.7 Å². The first kappa shape index (κ1) is 14.7. The van der Waals surface area contributed by atoms with Crippen LogP contribution in [-0.4, -0.2) is 42.0 Å². The Morgan fingerprint density at radius 2 is 1.91 bits per heavy atom. The van der Waals surface area contributed by atoms with Gasteiger partial charge in [0.1, 0.15) is 5.69 Å². The molecular weight excluding hydrogens is 274 g/mol. The molecule has 114 valence electrons. The number of hydrogen-bond acceptors (Lipinski definition) is 3. The molecule has 1 aromatic carbocycles. The lowest BCUT2D eigenvalue weighted by molar-refractivity contribution is 0.0900. The van der Waals surface area contributed by atoms with E-state index in [9.17, 15) is 4.79 Å². The van der Waals surface area contributed by atoms with Crippen LogP contribution < -0.4 is 5.32 Å². The molecule has 3 rings (SSSR count). The van der Waals surface area contributed by atoms with Gasteiger partial charge < -0.3 is 10.2 Å². The van der Waals surface area contributed by atoms with Gasteiger partial charge in [-0.05, 0) is 37.1 Å². The second kappa shape index (κ2) is 6.71. The maximum Gasteiger partial charge on any atom is 0.270 e. The van der Waals surface area contributed by atoms with E-state index in [2.05, 4.69) is 46.5 Å². The van der Waals surface area contributed by atoms with Gasteiger partial charge in [-0.1, -0.05) is 36.4 Å². The van der Waals surface area contributed by atoms with Gasteiger partial charge in [0.25, 0.3) is 5.91 Å². The smallest absolute Gasteiger partial charge is 0.270 e. The third-order valence-corrected chi connectivity index (χ3v) is 4.14. The lowest BCUT2D eigenvalue weighted by Crippen LogP contribution is -2.48. The molecule has 0 saturated carbocycles. The molecule has 1 aliphatic heterocycles. The number of nitrogens with zero attached hydrogens (tertiary/aromatic N) is 2. The molecule has 1 amide bonds. The Morgan fingerprint density at radius 3 is 2.64 bits per heavy atom. The molecule has 2 aromatic rings. The average molecular weight is 295 g/mol. The number of nitrogens with one attached hydrogen (secondary N) is 1. The van der Waals surface area contributed by atoms with E-state index in [1.807, 2.05) is 18.2 Å². The van der Waals surface area contributed by atoms with Gasteiger partial charge in [-0.25, -0.2) is 0 Å². The van der Waals surface area contributed by atoms with Crippen molar-refractivity contribution >= 4 is 5.91 Å². The molecule has 1 saturated heterocycles. The molecule has 2 heterocycles. The van der Waals surface area contributed by atoms with Gasteiger partial charge in [0, 0.05) is 25.3 Å². The monoisotopic (exact) mass is 295 g/mol. The first-order chi connectivity index (χ1) is 10.7. The normalized spacial score (nSPS) is 22.2. The number of pyridine rings is 1. The predicted molar refractivity (Wildman–Crippen MR) is 86.8 cm³/mol. The van der Waals surface area contributed by atoms with Crippen LogP contribution in [0.4, 0.5) is 0 Å². The summed E-state index contributed by atoms with van der Waals surface area (Å²) < 4.78 is 0. The molecule has 4 nitrogen and oxygen atoms in total. The summed E-state index contributed by atoms with van der Waals surface area (Å²) in [6.45, 7) is 1.90. The summed E-state index contributed by atoms with van der Waals surface area (Å²) in [4.78, 5) is 18.7. The highest BCUT2D eigenvalue weighted by Gasteiger charge is 2.27. The van der Waals surface area contributed by atoms with Gasteiger partial charge in [0.2, 0.25) is 0 Å². The number of carbonyl (C=O) groups excluding carboxylic acids is 1. The zero-order valence-electron chi connectivity index (χ0n) is 12.8. The van der Waals surface area contributed by atoms with Crippen LogP contribution in [0.1, 0.15) is 28.4 Å². The topological polar surface area (TPSA) is 45.2 Å². The minimum Gasteiger partial charge on any atom is -0.347 e. The molecule has 0 aliphatic carbocycles. The first-order valence-electron chi connectivity index (χ1n) is 7.68. The fraction of sp³-hybridized carbons (Fsp3) is 0.333. The molecule has 0 radical (unpaired) electrons. The summed E-state index contributed by atoms with van der Waals surface area (Å²) in [5, 5.41) is 3.12. The third kappa shape index (κ3) is 3.52. The third-order valence-electron chi connectivity index (χ3n) is 4.14. The van der Waals surface area contributed by atoms with Crippen molar-refractivity contribution in [3.8, 4) is 0 Å². The second-order valence-electron chi connectivity index (χ2n) is 5.95. The minimum absolute atomic E-state index is 0.0901. The summed E-state index contributed by atoms with van der Waals surface area (Å²) >= 11 is 0. The van der Waals surface area contributed by atoms with Crippen molar-refractivity contribution in [2.24, 2.45) is 0 Å². The second-order valence-corrected chi connectivity index (χ2v) is 5.95. The van der Waals surface area contributed by atoms with Crippen LogP contribution in [0.2, 0.25) is 0 Å². The predicted octanol–water partition coefficient (Wildman–Crippen LogP) is 2.30. The lowest BCUT2D eigenvalue weighted by atomic mass is 9.88. The van der Waals surface area contributed by atoms with Gasteiger partial charge in [0.05, 0.1) is 0 Å². The SMILES string of the molecule is CN1C[C@H](NC(=O)c2ccccn2)C[C@H](c2ccccc2)C1. The van der Waals surface area contributed by atoms with Crippen molar-refractivity contribution < 1.29 is 4.79 Å². The number of rotatable bonds is 3. The highest BCUT2D eigenvalue weighted by Crippen LogP contribution is 2.26. The van der Waals surface area contributed by atoms with Crippen LogP contribution in [0.5, 0.6) is 0 Å². The Bertz CT molecular complexity index is 615. The number of likely N-dealkylation sites (N-methyl/N-ethyl adjacent to an activating group) is 1. The van der Waals surface area contributed by atoms with Crippen molar-refractivity contribution in [2.75, 3.05) is 20.1 Å². The molecule has 1 aromatic heterocycles. The van der Waals surface area contributed by atoms with E-state index in [0.717, 1.165) is 19.5 Å². The zero-order chi connectivity index (χ0) is 15.4. The van der Waals surface area contributed by atoms with Gasteiger partial charge in [-0.2, -0.15) is 0 Å². The van der Waals surface area contributed by atoms with E-state index in [-0.39, 0.29) is 11.9 Å². The van der Waals surface area contributed by atoms with Crippen LogP contribution in [0.3, 0.4) is 0 Å². The van der Waals surface area contributed by atoms with Crippen molar-refractivity contribution in [2.45, 2.75) is 18.4 Å². The molecule has 1 N–H and O–H groups in total. The number of carbonyl (C=O) groups is 1. The zero-order valence-corrected chi connectivity index (χ0v) is 12.8. The van der Waals surface area contributed by atoms with Gasteiger partial charge in [0.15, 0.2) is 0 Å². The number of piperidine rings is 1. The summed E-state index contributed by atoms with van der Waals surface area (Å²) in [7, 11) is 2.11. The number of benzene rings is 1. The van der Waals surface area contributed by atoms with Crippen molar-refractivity contribution in [1.82, 2.24) is 15.2 Å². The van der Waals surface area contributed by atoms with Crippen molar-refractivity contribution in [3.05, 3.63) is 66.0 Å². The standard InChI is InChI=1S/C18H21N3O/c1-21-12-15(14-7-3-2-4-8-14)11-16(13-21)20-18(22)17-9-5-6-10-19-17/h2-10,15-16H,11-13H2,1H3,(H,20,22)/t15-,16+/m0/s1. The van der Waals surface area contributed by atoms with E-state index in [0.29, 0.717) is 11.6 Å². The summed E-state index contributed by atoms with van der Waals surface area (Å²) in [6.07, 6.45) is 2.61. The quantitative estimate of drug-likeness (QED) is 0.945. The highest BCUT2D eigenvalue weighted by atomic mass is 16.1. The Hall–Kier alpha value is -2.20. The maximum absolute atomic E-state index is 12.3.